The maximum atomic E-state index is 12.3. The van der Waals surface area contributed by atoms with Crippen LogP contribution in [0.1, 0.15) is 36.7 Å². The lowest BCUT2D eigenvalue weighted by atomic mass is 10.0. The van der Waals surface area contributed by atoms with E-state index in [2.05, 4.69) is 16.0 Å². The summed E-state index contributed by atoms with van der Waals surface area (Å²) in [6.07, 6.45) is 0. The fraction of sp³-hybridized carbons (Fsp3) is 0.529. The summed E-state index contributed by atoms with van der Waals surface area (Å²) in [6.45, 7) is 8.28. The zero-order valence-corrected chi connectivity index (χ0v) is 15.3. The van der Waals surface area contributed by atoms with Crippen molar-refractivity contribution < 1.29 is 9.59 Å². The second-order valence-corrected chi connectivity index (χ2v) is 6.00. The largest absolute Gasteiger partial charge is 0.353 e. The smallest absolute Gasteiger partial charge is 0.251 e. The molecule has 1 aromatic rings. The molecule has 130 valence electrons. The average Bonchev–Trinajstić information content (AvgIpc) is 2.49. The van der Waals surface area contributed by atoms with Gasteiger partial charge in [0.05, 0.1) is 0 Å². The van der Waals surface area contributed by atoms with E-state index >= 15 is 0 Å². The molecule has 6 heteroatoms. The van der Waals surface area contributed by atoms with Crippen molar-refractivity contribution in [1.29, 1.82) is 0 Å². The Morgan fingerprint density at radius 3 is 2.35 bits per heavy atom. The monoisotopic (exact) mass is 341 g/mol. The fourth-order valence-corrected chi connectivity index (χ4v) is 2.01. The van der Waals surface area contributed by atoms with Crippen LogP contribution in [0.4, 0.5) is 0 Å². The van der Waals surface area contributed by atoms with Gasteiger partial charge in [-0.2, -0.15) is 0 Å². The molecule has 0 saturated carbocycles. The summed E-state index contributed by atoms with van der Waals surface area (Å²) in [6, 6.07) is 6.97. The SMILES string of the molecule is CNC(C)CNC(=O)C(NC(=O)c1cccc(C)c1)C(C)C.Cl. The van der Waals surface area contributed by atoms with Crippen LogP contribution in [0.2, 0.25) is 0 Å². The molecule has 2 atom stereocenters. The summed E-state index contributed by atoms with van der Waals surface area (Å²) < 4.78 is 0. The third kappa shape index (κ3) is 7.01. The van der Waals surface area contributed by atoms with E-state index in [4.69, 9.17) is 0 Å². The molecule has 0 aliphatic carbocycles. The normalized spacial score (nSPS) is 13.0. The highest BCUT2D eigenvalue weighted by Crippen LogP contribution is 2.07. The molecule has 0 spiro atoms. The lowest BCUT2D eigenvalue weighted by molar-refractivity contribution is -0.124. The van der Waals surface area contributed by atoms with Crippen LogP contribution in [-0.2, 0) is 4.79 Å². The van der Waals surface area contributed by atoms with Gasteiger partial charge in [-0.1, -0.05) is 31.5 Å². The number of amides is 2. The molecule has 1 rings (SSSR count). The van der Waals surface area contributed by atoms with Crippen LogP contribution in [0.25, 0.3) is 0 Å². The van der Waals surface area contributed by atoms with Crippen LogP contribution < -0.4 is 16.0 Å². The minimum atomic E-state index is -0.544. The van der Waals surface area contributed by atoms with E-state index in [1.54, 1.807) is 6.07 Å². The number of halogens is 1. The molecule has 1 aromatic carbocycles. The number of carbonyl (C=O) groups is 2. The van der Waals surface area contributed by atoms with Gasteiger partial charge in [-0.25, -0.2) is 0 Å². The topological polar surface area (TPSA) is 70.2 Å². The first-order chi connectivity index (χ1) is 10.3. The minimum Gasteiger partial charge on any atom is -0.353 e. The van der Waals surface area contributed by atoms with E-state index in [9.17, 15) is 9.59 Å². The predicted molar refractivity (Wildman–Crippen MR) is 96.1 cm³/mol. The third-order valence-electron chi connectivity index (χ3n) is 3.59. The maximum absolute atomic E-state index is 12.3. The van der Waals surface area contributed by atoms with Crippen molar-refractivity contribution in [3.63, 3.8) is 0 Å². The Morgan fingerprint density at radius 1 is 1.17 bits per heavy atom. The summed E-state index contributed by atoms with van der Waals surface area (Å²) in [5.41, 5.74) is 1.59. The standard InChI is InChI=1S/C17H27N3O2.ClH/c1-11(2)15(17(22)19-10-13(4)18-5)20-16(21)14-8-6-7-12(3)9-14;/h6-9,11,13,15,18H,10H2,1-5H3,(H,19,22)(H,20,21);1H. The van der Waals surface area contributed by atoms with E-state index in [1.165, 1.54) is 0 Å². The molecule has 3 N–H and O–H groups in total. The molecule has 0 aliphatic heterocycles. The van der Waals surface area contributed by atoms with Crippen LogP contribution in [-0.4, -0.2) is 37.5 Å². The highest BCUT2D eigenvalue weighted by molar-refractivity contribution is 5.97. The molecule has 0 fully saturated rings. The molecular formula is C17H28ClN3O2. The van der Waals surface area contributed by atoms with Crippen LogP contribution in [0, 0.1) is 12.8 Å². The van der Waals surface area contributed by atoms with Crippen molar-refractivity contribution in [2.75, 3.05) is 13.6 Å². The quantitative estimate of drug-likeness (QED) is 0.709. The maximum Gasteiger partial charge on any atom is 0.251 e. The first kappa shape index (κ1) is 21.4. The van der Waals surface area contributed by atoms with Gasteiger partial charge >= 0.3 is 0 Å². The number of rotatable bonds is 7. The molecule has 0 heterocycles. The summed E-state index contributed by atoms with van der Waals surface area (Å²) in [5, 5.41) is 8.76. The van der Waals surface area contributed by atoms with E-state index in [0.29, 0.717) is 12.1 Å². The lowest BCUT2D eigenvalue weighted by Crippen LogP contribution is -2.51. The molecule has 5 nitrogen and oxygen atoms in total. The van der Waals surface area contributed by atoms with E-state index in [-0.39, 0.29) is 36.2 Å². The molecule has 23 heavy (non-hydrogen) atoms. The van der Waals surface area contributed by atoms with Crippen LogP contribution >= 0.6 is 12.4 Å². The van der Waals surface area contributed by atoms with Gasteiger partial charge in [-0.15, -0.1) is 12.4 Å². The van der Waals surface area contributed by atoms with Crippen LogP contribution in [0.5, 0.6) is 0 Å². The van der Waals surface area contributed by atoms with Crippen molar-refractivity contribution in [1.82, 2.24) is 16.0 Å². The van der Waals surface area contributed by atoms with Crippen LogP contribution in [0.3, 0.4) is 0 Å². The van der Waals surface area contributed by atoms with Crippen LogP contribution in [0.15, 0.2) is 24.3 Å². The Morgan fingerprint density at radius 2 is 1.83 bits per heavy atom. The van der Waals surface area contributed by atoms with Crippen molar-refractivity contribution >= 4 is 24.2 Å². The van der Waals surface area contributed by atoms with Gasteiger partial charge in [0.1, 0.15) is 6.04 Å². The van der Waals surface area contributed by atoms with Crippen molar-refractivity contribution in [2.45, 2.75) is 39.8 Å². The minimum absolute atomic E-state index is 0. The van der Waals surface area contributed by atoms with Gasteiger partial charge < -0.3 is 16.0 Å². The van der Waals surface area contributed by atoms with E-state index in [0.717, 1.165) is 5.56 Å². The first-order valence-electron chi connectivity index (χ1n) is 7.67. The summed E-state index contributed by atoms with van der Waals surface area (Å²) in [5.74, 6) is -0.365. The van der Waals surface area contributed by atoms with Crippen molar-refractivity contribution in [3.8, 4) is 0 Å². The molecule has 0 saturated heterocycles. The molecule has 0 radical (unpaired) electrons. The second kappa shape index (κ2) is 10.2. The number of carbonyl (C=O) groups excluding carboxylic acids is 2. The van der Waals surface area contributed by atoms with Gasteiger partial charge in [0.25, 0.3) is 5.91 Å². The Balaban J connectivity index is 0.00000484. The first-order valence-corrected chi connectivity index (χ1v) is 7.67. The highest BCUT2D eigenvalue weighted by Gasteiger charge is 2.24. The summed E-state index contributed by atoms with van der Waals surface area (Å²) in [4.78, 5) is 24.6. The highest BCUT2D eigenvalue weighted by atomic mass is 35.5. The molecule has 2 amide bonds. The van der Waals surface area contributed by atoms with Gasteiger partial charge in [-0.3, -0.25) is 9.59 Å². The zero-order valence-electron chi connectivity index (χ0n) is 14.5. The van der Waals surface area contributed by atoms with Gasteiger partial charge in [-0.05, 0) is 38.9 Å². The van der Waals surface area contributed by atoms with Gasteiger partial charge in [0.15, 0.2) is 0 Å². The Kier molecular flexibility index (Phi) is 9.53. The predicted octanol–water partition coefficient (Wildman–Crippen LogP) is 1.90. The Bertz CT molecular complexity index is 520. The van der Waals surface area contributed by atoms with E-state index < -0.39 is 6.04 Å². The molecule has 0 aromatic heterocycles. The summed E-state index contributed by atoms with van der Waals surface area (Å²) >= 11 is 0. The molecular weight excluding hydrogens is 314 g/mol. The Hall–Kier alpha value is -1.59. The lowest BCUT2D eigenvalue weighted by Gasteiger charge is -2.23. The molecule has 0 aliphatic rings. The zero-order chi connectivity index (χ0) is 16.7. The third-order valence-corrected chi connectivity index (χ3v) is 3.59. The number of aryl methyl sites for hydroxylation is 1. The number of hydrogen-bond acceptors (Lipinski definition) is 3. The second-order valence-electron chi connectivity index (χ2n) is 6.00. The molecule has 0 bridgehead atoms. The number of benzene rings is 1. The van der Waals surface area contributed by atoms with Crippen molar-refractivity contribution in [2.24, 2.45) is 5.92 Å². The Labute approximate surface area is 145 Å². The fourth-order valence-electron chi connectivity index (χ4n) is 2.01. The average molecular weight is 342 g/mol. The number of hydrogen-bond donors (Lipinski definition) is 3. The number of likely N-dealkylation sites (N-methyl/N-ethyl adjacent to an activating group) is 1. The van der Waals surface area contributed by atoms with Gasteiger partial charge in [0.2, 0.25) is 5.91 Å². The number of nitrogens with one attached hydrogen (secondary N) is 3. The summed E-state index contributed by atoms with van der Waals surface area (Å²) in [7, 11) is 1.84. The van der Waals surface area contributed by atoms with Crippen molar-refractivity contribution in [3.05, 3.63) is 35.4 Å². The molecule has 2 unspecified atom stereocenters. The van der Waals surface area contributed by atoms with Gasteiger partial charge in [0, 0.05) is 18.2 Å². The van der Waals surface area contributed by atoms with E-state index in [1.807, 2.05) is 52.9 Å².